The highest BCUT2D eigenvalue weighted by Crippen LogP contribution is 2.24. The van der Waals surface area contributed by atoms with Gasteiger partial charge in [-0.1, -0.05) is 41.1 Å². The van der Waals surface area contributed by atoms with Gasteiger partial charge in [-0.05, 0) is 48.4 Å². The van der Waals surface area contributed by atoms with Crippen LogP contribution in [-0.4, -0.2) is 19.5 Å². The SMILES string of the molecule is O=c1sc2cc(S(=O)(=O)NCCCc3ccco3)ccc2n1Cc1ccccc1Cl. The summed E-state index contributed by atoms with van der Waals surface area (Å²) in [5.74, 6) is 0.820. The number of fused-ring (bicyclic) bond motifs is 1. The Balaban J connectivity index is 1.52. The van der Waals surface area contributed by atoms with Gasteiger partial charge in [-0.25, -0.2) is 13.1 Å². The van der Waals surface area contributed by atoms with Crippen LogP contribution < -0.4 is 9.60 Å². The van der Waals surface area contributed by atoms with Crippen LogP contribution in [-0.2, 0) is 23.0 Å². The molecule has 0 aliphatic heterocycles. The monoisotopic (exact) mass is 462 g/mol. The third-order valence-corrected chi connectivity index (χ3v) is 7.48. The molecule has 0 unspecified atom stereocenters. The van der Waals surface area contributed by atoms with Crippen molar-refractivity contribution in [2.75, 3.05) is 6.54 Å². The molecule has 0 aliphatic rings. The van der Waals surface area contributed by atoms with Gasteiger partial charge in [-0.2, -0.15) is 0 Å². The van der Waals surface area contributed by atoms with Crippen molar-refractivity contribution in [3.05, 3.63) is 86.9 Å². The van der Waals surface area contributed by atoms with Gasteiger partial charge in [0.25, 0.3) is 0 Å². The summed E-state index contributed by atoms with van der Waals surface area (Å²) in [6.07, 6.45) is 2.87. The van der Waals surface area contributed by atoms with Gasteiger partial charge in [0.1, 0.15) is 5.76 Å². The molecular weight excluding hydrogens is 444 g/mol. The first kappa shape index (κ1) is 20.9. The fraction of sp³-hybridized carbons (Fsp3) is 0.190. The first-order valence-corrected chi connectivity index (χ1v) is 12.0. The van der Waals surface area contributed by atoms with Crippen molar-refractivity contribution in [2.45, 2.75) is 24.3 Å². The summed E-state index contributed by atoms with van der Waals surface area (Å²) in [7, 11) is -3.67. The smallest absolute Gasteiger partial charge is 0.308 e. The second-order valence-corrected chi connectivity index (χ2v) is 9.92. The number of hydrogen-bond donors (Lipinski definition) is 1. The van der Waals surface area contributed by atoms with Crippen molar-refractivity contribution >= 4 is 43.2 Å². The highest BCUT2D eigenvalue weighted by molar-refractivity contribution is 7.89. The van der Waals surface area contributed by atoms with Crippen LogP contribution in [0.25, 0.3) is 10.2 Å². The molecule has 0 amide bonds. The minimum Gasteiger partial charge on any atom is -0.469 e. The van der Waals surface area contributed by atoms with Crippen LogP contribution in [0, 0.1) is 0 Å². The summed E-state index contributed by atoms with van der Waals surface area (Å²) in [5.41, 5.74) is 1.51. The van der Waals surface area contributed by atoms with E-state index in [1.165, 1.54) is 6.07 Å². The van der Waals surface area contributed by atoms with E-state index < -0.39 is 10.0 Å². The number of nitrogens with zero attached hydrogens (tertiary/aromatic N) is 1. The van der Waals surface area contributed by atoms with Crippen molar-refractivity contribution < 1.29 is 12.8 Å². The summed E-state index contributed by atoms with van der Waals surface area (Å²) < 4.78 is 35.3. The predicted octanol–water partition coefficient (Wildman–Crippen LogP) is 4.27. The predicted molar refractivity (Wildman–Crippen MR) is 119 cm³/mol. The van der Waals surface area contributed by atoms with Crippen molar-refractivity contribution in [1.82, 2.24) is 9.29 Å². The van der Waals surface area contributed by atoms with E-state index in [1.807, 2.05) is 24.3 Å². The highest BCUT2D eigenvalue weighted by atomic mass is 35.5. The minimum atomic E-state index is -3.67. The fourth-order valence-corrected chi connectivity index (χ4v) is 5.47. The largest absolute Gasteiger partial charge is 0.469 e. The topological polar surface area (TPSA) is 81.3 Å². The van der Waals surface area contributed by atoms with Crippen LogP contribution >= 0.6 is 22.9 Å². The van der Waals surface area contributed by atoms with E-state index >= 15 is 0 Å². The van der Waals surface area contributed by atoms with E-state index in [-0.39, 0.29) is 9.77 Å². The lowest BCUT2D eigenvalue weighted by Crippen LogP contribution is -2.25. The van der Waals surface area contributed by atoms with Gasteiger partial charge in [0, 0.05) is 18.0 Å². The number of rotatable bonds is 8. The van der Waals surface area contributed by atoms with Gasteiger partial charge < -0.3 is 4.42 Å². The Hall–Kier alpha value is -2.39. The maximum absolute atomic E-state index is 12.6. The number of sulfonamides is 1. The second kappa shape index (κ2) is 8.77. The molecule has 0 saturated carbocycles. The molecule has 0 spiro atoms. The number of furan rings is 1. The number of aromatic nitrogens is 1. The molecule has 0 radical (unpaired) electrons. The van der Waals surface area contributed by atoms with Gasteiger partial charge in [0.15, 0.2) is 0 Å². The molecule has 6 nitrogen and oxygen atoms in total. The van der Waals surface area contributed by atoms with Crippen molar-refractivity contribution in [3.63, 3.8) is 0 Å². The summed E-state index contributed by atoms with van der Waals surface area (Å²) >= 11 is 7.24. The number of nitrogens with one attached hydrogen (secondary N) is 1. The molecule has 4 aromatic rings. The molecule has 0 bridgehead atoms. The normalized spacial score (nSPS) is 11.9. The standard InChI is InChI=1S/C21H19ClN2O4S2/c22-18-8-2-1-5-15(18)14-24-19-10-9-17(13-20(19)29-21(24)25)30(26,27)23-11-3-6-16-7-4-12-28-16/h1-2,4-5,7-10,12-13,23H,3,6,11,14H2. The maximum atomic E-state index is 12.6. The first-order chi connectivity index (χ1) is 14.4. The van der Waals surface area contributed by atoms with E-state index in [9.17, 15) is 13.2 Å². The van der Waals surface area contributed by atoms with Crippen LogP contribution in [0.1, 0.15) is 17.7 Å². The number of aryl methyl sites for hydroxylation is 1. The molecule has 0 atom stereocenters. The van der Waals surface area contributed by atoms with Crippen molar-refractivity contribution in [3.8, 4) is 0 Å². The maximum Gasteiger partial charge on any atom is 0.308 e. The number of benzene rings is 2. The average molecular weight is 463 g/mol. The van der Waals surface area contributed by atoms with E-state index in [2.05, 4.69) is 4.72 Å². The summed E-state index contributed by atoms with van der Waals surface area (Å²) in [6.45, 7) is 0.625. The molecule has 30 heavy (non-hydrogen) atoms. The van der Waals surface area contributed by atoms with E-state index in [0.717, 1.165) is 22.7 Å². The molecule has 2 aromatic heterocycles. The Morgan fingerprint density at radius 2 is 1.93 bits per heavy atom. The van der Waals surface area contributed by atoms with Gasteiger partial charge >= 0.3 is 4.87 Å². The molecule has 156 valence electrons. The molecule has 9 heteroatoms. The molecule has 2 aromatic carbocycles. The molecule has 0 fully saturated rings. The van der Waals surface area contributed by atoms with Crippen LogP contribution in [0.2, 0.25) is 5.02 Å². The molecule has 0 saturated heterocycles. The third kappa shape index (κ3) is 4.52. The van der Waals surface area contributed by atoms with Crippen LogP contribution in [0.3, 0.4) is 0 Å². The zero-order valence-corrected chi connectivity index (χ0v) is 18.3. The highest BCUT2D eigenvalue weighted by Gasteiger charge is 2.17. The Bertz CT molecular complexity index is 1320. The quantitative estimate of drug-likeness (QED) is 0.396. The Morgan fingerprint density at radius 1 is 1.10 bits per heavy atom. The van der Waals surface area contributed by atoms with Gasteiger partial charge in [-0.3, -0.25) is 9.36 Å². The molecule has 1 N–H and O–H groups in total. The van der Waals surface area contributed by atoms with Gasteiger partial charge in [-0.15, -0.1) is 0 Å². The minimum absolute atomic E-state index is 0.138. The molecule has 2 heterocycles. The van der Waals surface area contributed by atoms with Crippen molar-refractivity contribution in [2.24, 2.45) is 0 Å². The lowest BCUT2D eigenvalue weighted by atomic mass is 10.2. The number of halogens is 1. The van der Waals surface area contributed by atoms with Gasteiger partial charge in [0.05, 0.1) is 27.9 Å². The molecule has 0 aliphatic carbocycles. The zero-order valence-electron chi connectivity index (χ0n) is 15.9. The van der Waals surface area contributed by atoms with Gasteiger partial charge in [0.2, 0.25) is 10.0 Å². The van der Waals surface area contributed by atoms with Crippen molar-refractivity contribution in [1.29, 1.82) is 0 Å². The summed E-state index contributed by atoms with van der Waals surface area (Å²) in [4.78, 5) is 12.5. The lowest BCUT2D eigenvalue weighted by molar-refractivity contribution is 0.500. The fourth-order valence-electron chi connectivity index (χ4n) is 3.17. The first-order valence-electron chi connectivity index (χ1n) is 9.33. The third-order valence-electron chi connectivity index (χ3n) is 4.71. The summed E-state index contributed by atoms with van der Waals surface area (Å²) in [6, 6.07) is 15.7. The average Bonchev–Trinajstić information content (AvgIpc) is 3.34. The molecule has 4 rings (SSSR count). The van der Waals surface area contributed by atoms with E-state index in [1.54, 1.807) is 35.1 Å². The van der Waals surface area contributed by atoms with Crippen LogP contribution in [0.4, 0.5) is 0 Å². The summed E-state index contributed by atoms with van der Waals surface area (Å²) in [5, 5.41) is 0.585. The van der Waals surface area contributed by atoms with Crippen LogP contribution in [0.15, 0.2) is 75.0 Å². The second-order valence-electron chi connectivity index (χ2n) is 6.76. The lowest BCUT2D eigenvalue weighted by Gasteiger charge is -2.08. The van der Waals surface area contributed by atoms with Crippen LogP contribution in [0.5, 0.6) is 0 Å². The Morgan fingerprint density at radius 3 is 2.70 bits per heavy atom. The Kier molecular flexibility index (Phi) is 6.10. The zero-order chi connectivity index (χ0) is 21.1. The number of thiazole rings is 1. The number of hydrogen-bond acceptors (Lipinski definition) is 5. The molecular formula is C21H19ClN2O4S2. The van der Waals surface area contributed by atoms with E-state index in [0.29, 0.717) is 41.2 Å². The Labute approximate surface area is 182 Å². The van der Waals surface area contributed by atoms with E-state index in [4.69, 9.17) is 16.0 Å².